The van der Waals surface area contributed by atoms with E-state index in [2.05, 4.69) is 0 Å². The maximum atomic E-state index is 5.90. The predicted molar refractivity (Wildman–Crippen MR) is 106 cm³/mol. The molecule has 0 atom stereocenters. The molecular formula is C22H18N2O2. The van der Waals surface area contributed by atoms with Gasteiger partial charge in [-0.1, -0.05) is 24.3 Å². The van der Waals surface area contributed by atoms with Gasteiger partial charge in [-0.3, -0.25) is 0 Å². The molecule has 0 unspecified atom stereocenters. The normalized spacial score (nSPS) is 10.6. The summed E-state index contributed by atoms with van der Waals surface area (Å²) in [5.74, 6) is 2.89. The Balaban J connectivity index is 1.62. The molecular weight excluding hydrogens is 324 g/mol. The second kappa shape index (κ2) is 6.69. The number of anilines is 2. The molecule has 4 heteroatoms. The summed E-state index contributed by atoms with van der Waals surface area (Å²) in [5, 5.41) is 2.12. The van der Waals surface area contributed by atoms with Crippen molar-refractivity contribution in [3.05, 3.63) is 84.9 Å². The third kappa shape index (κ3) is 3.54. The highest BCUT2D eigenvalue weighted by atomic mass is 16.5. The molecule has 4 N–H and O–H groups in total. The lowest BCUT2D eigenvalue weighted by atomic mass is 10.1. The van der Waals surface area contributed by atoms with Crippen molar-refractivity contribution >= 4 is 22.1 Å². The molecule has 4 aromatic carbocycles. The van der Waals surface area contributed by atoms with E-state index >= 15 is 0 Å². The lowest BCUT2D eigenvalue weighted by Gasteiger charge is -2.10. The van der Waals surface area contributed by atoms with Crippen LogP contribution in [0.5, 0.6) is 23.0 Å². The Bertz CT molecular complexity index is 994. The van der Waals surface area contributed by atoms with Crippen molar-refractivity contribution < 1.29 is 9.47 Å². The average molecular weight is 342 g/mol. The molecule has 0 spiro atoms. The van der Waals surface area contributed by atoms with Gasteiger partial charge in [-0.15, -0.1) is 0 Å². The van der Waals surface area contributed by atoms with Gasteiger partial charge >= 0.3 is 0 Å². The largest absolute Gasteiger partial charge is 0.457 e. The van der Waals surface area contributed by atoms with Crippen LogP contribution in [0.25, 0.3) is 10.8 Å². The molecule has 0 heterocycles. The Morgan fingerprint density at radius 1 is 0.462 bits per heavy atom. The molecule has 0 amide bonds. The molecule has 0 saturated carbocycles. The summed E-state index contributed by atoms with van der Waals surface area (Å²) in [5.41, 5.74) is 12.9. The fraction of sp³-hybridized carbons (Fsp3) is 0. The van der Waals surface area contributed by atoms with Gasteiger partial charge in [0.15, 0.2) is 0 Å². The Hall–Kier alpha value is -3.66. The summed E-state index contributed by atoms with van der Waals surface area (Å²) >= 11 is 0. The molecule has 0 bridgehead atoms. The monoisotopic (exact) mass is 342 g/mol. The molecule has 0 fully saturated rings. The fourth-order valence-electron chi connectivity index (χ4n) is 2.76. The van der Waals surface area contributed by atoms with Crippen molar-refractivity contribution in [2.75, 3.05) is 11.5 Å². The van der Waals surface area contributed by atoms with Crippen molar-refractivity contribution in [3.8, 4) is 23.0 Å². The van der Waals surface area contributed by atoms with E-state index in [1.54, 1.807) is 12.1 Å². The molecule has 0 aromatic heterocycles. The first-order valence-corrected chi connectivity index (χ1v) is 8.26. The minimum Gasteiger partial charge on any atom is -0.457 e. The zero-order chi connectivity index (χ0) is 17.9. The quantitative estimate of drug-likeness (QED) is 0.474. The van der Waals surface area contributed by atoms with E-state index in [0.29, 0.717) is 22.9 Å². The number of nitrogen functional groups attached to an aromatic ring is 2. The molecule has 0 aliphatic rings. The molecule has 128 valence electrons. The van der Waals surface area contributed by atoms with Crippen LogP contribution >= 0.6 is 0 Å². The first kappa shape index (κ1) is 15.8. The zero-order valence-electron chi connectivity index (χ0n) is 14.1. The molecule has 0 radical (unpaired) electrons. The fourth-order valence-corrected chi connectivity index (χ4v) is 2.76. The van der Waals surface area contributed by atoms with Crippen LogP contribution in [0.2, 0.25) is 0 Å². The van der Waals surface area contributed by atoms with E-state index in [4.69, 9.17) is 20.9 Å². The van der Waals surface area contributed by atoms with Crippen molar-refractivity contribution in [3.63, 3.8) is 0 Å². The second-order valence-electron chi connectivity index (χ2n) is 6.02. The molecule has 4 nitrogen and oxygen atoms in total. The summed E-state index contributed by atoms with van der Waals surface area (Å²) in [7, 11) is 0. The van der Waals surface area contributed by atoms with Crippen LogP contribution < -0.4 is 20.9 Å². The maximum Gasteiger partial charge on any atom is 0.129 e. The highest BCUT2D eigenvalue weighted by Crippen LogP contribution is 2.30. The standard InChI is InChI=1S/C22H18N2O2/c23-17-3-1-5-19(13-17)25-21-9-7-15-8-10-22(12-16(15)11-21)26-20-6-2-4-18(24)14-20/h1-14H,23-24H2. The molecule has 0 aliphatic heterocycles. The first-order valence-electron chi connectivity index (χ1n) is 8.26. The topological polar surface area (TPSA) is 70.5 Å². The number of ether oxygens (including phenoxy) is 2. The Morgan fingerprint density at radius 3 is 1.38 bits per heavy atom. The Kier molecular flexibility index (Phi) is 4.07. The number of hydrogen-bond acceptors (Lipinski definition) is 4. The third-order valence-electron chi connectivity index (χ3n) is 3.97. The van der Waals surface area contributed by atoms with E-state index in [1.807, 2.05) is 72.8 Å². The van der Waals surface area contributed by atoms with E-state index in [9.17, 15) is 0 Å². The van der Waals surface area contributed by atoms with Crippen LogP contribution in [0.3, 0.4) is 0 Å². The lowest BCUT2D eigenvalue weighted by Crippen LogP contribution is -1.89. The van der Waals surface area contributed by atoms with Gasteiger partial charge in [0.25, 0.3) is 0 Å². The molecule has 26 heavy (non-hydrogen) atoms. The third-order valence-corrected chi connectivity index (χ3v) is 3.97. The first-order chi connectivity index (χ1) is 12.7. The summed E-state index contributed by atoms with van der Waals surface area (Å²) in [4.78, 5) is 0. The number of hydrogen-bond donors (Lipinski definition) is 2. The summed E-state index contributed by atoms with van der Waals surface area (Å²) in [6, 6.07) is 26.6. The van der Waals surface area contributed by atoms with Gasteiger partial charge in [0.05, 0.1) is 0 Å². The van der Waals surface area contributed by atoms with Crippen LogP contribution in [0.4, 0.5) is 11.4 Å². The van der Waals surface area contributed by atoms with Crippen molar-refractivity contribution in [2.45, 2.75) is 0 Å². The van der Waals surface area contributed by atoms with Gasteiger partial charge in [0.2, 0.25) is 0 Å². The summed E-state index contributed by atoms with van der Waals surface area (Å²) in [6.07, 6.45) is 0. The van der Waals surface area contributed by atoms with Gasteiger partial charge < -0.3 is 20.9 Å². The van der Waals surface area contributed by atoms with Gasteiger partial charge in [0, 0.05) is 23.5 Å². The Morgan fingerprint density at radius 2 is 0.923 bits per heavy atom. The number of rotatable bonds is 4. The van der Waals surface area contributed by atoms with Crippen molar-refractivity contribution in [2.24, 2.45) is 0 Å². The Labute approximate surface area is 151 Å². The zero-order valence-corrected chi connectivity index (χ0v) is 14.1. The van der Waals surface area contributed by atoms with Gasteiger partial charge in [-0.2, -0.15) is 0 Å². The van der Waals surface area contributed by atoms with Crippen LogP contribution in [0, 0.1) is 0 Å². The van der Waals surface area contributed by atoms with Crippen LogP contribution in [0.1, 0.15) is 0 Å². The summed E-state index contributed by atoms with van der Waals surface area (Å²) in [6.45, 7) is 0. The van der Waals surface area contributed by atoms with E-state index < -0.39 is 0 Å². The molecule has 0 aliphatic carbocycles. The van der Waals surface area contributed by atoms with Crippen molar-refractivity contribution in [1.29, 1.82) is 0 Å². The smallest absolute Gasteiger partial charge is 0.129 e. The van der Waals surface area contributed by atoms with E-state index in [1.165, 1.54) is 0 Å². The van der Waals surface area contributed by atoms with Crippen LogP contribution in [-0.4, -0.2) is 0 Å². The number of nitrogens with two attached hydrogens (primary N) is 2. The van der Waals surface area contributed by atoms with Crippen molar-refractivity contribution in [1.82, 2.24) is 0 Å². The second-order valence-corrected chi connectivity index (χ2v) is 6.02. The van der Waals surface area contributed by atoms with Crippen LogP contribution in [-0.2, 0) is 0 Å². The van der Waals surface area contributed by atoms with Crippen LogP contribution in [0.15, 0.2) is 84.9 Å². The lowest BCUT2D eigenvalue weighted by molar-refractivity contribution is 0.482. The molecule has 4 rings (SSSR count). The maximum absolute atomic E-state index is 5.90. The molecule has 4 aromatic rings. The SMILES string of the molecule is Nc1cccc(Oc2ccc3ccc(Oc4cccc(N)c4)cc3c2)c1. The number of fused-ring (bicyclic) bond motifs is 1. The number of benzene rings is 4. The highest BCUT2D eigenvalue weighted by Gasteiger charge is 2.03. The highest BCUT2D eigenvalue weighted by molar-refractivity contribution is 5.85. The molecule has 0 saturated heterocycles. The van der Waals surface area contributed by atoms with Gasteiger partial charge in [0.1, 0.15) is 23.0 Å². The minimum atomic E-state index is 0.668. The van der Waals surface area contributed by atoms with E-state index in [-0.39, 0.29) is 0 Å². The van der Waals surface area contributed by atoms with Gasteiger partial charge in [-0.25, -0.2) is 0 Å². The van der Waals surface area contributed by atoms with E-state index in [0.717, 1.165) is 22.3 Å². The van der Waals surface area contributed by atoms with Gasteiger partial charge in [-0.05, 0) is 59.3 Å². The summed E-state index contributed by atoms with van der Waals surface area (Å²) < 4.78 is 11.8. The minimum absolute atomic E-state index is 0.668. The average Bonchev–Trinajstić information content (AvgIpc) is 2.61. The predicted octanol–water partition coefficient (Wildman–Crippen LogP) is 5.59.